The molecule has 0 saturated heterocycles. The van der Waals surface area contributed by atoms with Gasteiger partial charge < -0.3 is 4.52 Å². The van der Waals surface area contributed by atoms with Gasteiger partial charge in [0.05, 0.1) is 5.02 Å². The summed E-state index contributed by atoms with van der Waals surface area (Å²) in [6.45, 7) is 1.59. The molecule has 3 rings (SSSR count). The second-order valence-corrected chi connectivity index (χ2v) is 6.20. The average molecular weight is 390 g/mol. The minimum atomic E-state index is -0.559. The lowest BCUT2D eigenvalue weighted by molar-refractivity contribution is 0.0961. The molecule has 0 spiro atoms. The summed E-state index contributed by atoms with van der Waals surface area (Å²) in [4.78, 5) is 36.4. The number of aromatic nitrogens is 3. The summed E-state index contributed by atoms with van der Waals surface area (Å²) in [5.41, 5.74) is 5.00. The summed E-state index contributed by atoms with van der Waals surface area (Å²) in [5.74, 6) is -0.135. The number of hydrogen-bond acceptors (Lipinski definition) is 6. The topological polar surface area (TPSA) is 111 Å². The van der Waals surface area contributed by atoms with E-state index in [4.69, 9.17) is 16.1 Å². The molecule has 27 heavy (non-hydrogen) atoms. The van der Waals surface area contributed by atoms with E-state index >= 15 is 0 Å². The molecule has 2 aromatic heterocycles. The Morgan fingerprint density at radius 2 is 1.89 bits per heavy atom. The van der Waals surface area contributed by atoms with Crippen LogP contribution in [0.4, 0.5) is 5.82 Å². The first-order valence-corrected chi connectivity index (χ1v) is 8.23. The van der Waals surface area contributed by atoms with Crippen LogP contribution in [-0.4, -0.2) is 20.2 Å². The summed E-state index contributed by atoms with van der Waals surface area (Å²) < 4.78 is 7.29. The quantitative estimate of drug-likeness (QED) is 0.653. The first-order valence-electron chi connectivity index (χ1n) is 7.86. The van der Waals surface area contributed by atoms with Gasteiger partial charge in [-0.1, -0.05) is 35.0 Å². The van der Waals surface area contributed by atoms with Crippen LogP contribution in [-0.2, 0) is 14.1 Å². The van der Waals surface area contributed by atoms with E-state index in [2.05, 4.69) is 16.0 Å². The lowest BCUT2D eigenvalue weighted by Gasteiger charge is -2.12. The lowest BCUT2D eigenvalue weighted by atomic mass is 10.1. The number of benzene rings is 1. The summed E-state index contributed by atoms with van der Waals surface area (Å²) in [5, 5.41) is 4.34. The van der Waals surface area contributed by atoms with E-state index in [1.54, 1.807) is 31.2 Å². The number of halogens is 1. The van der Waals surface area contributed by atoms with Crippen LogP contribution in [0, 0.1) is 6.92 Å². The predicted octanol–water partition coefficient (Wildman–Crippen LogP) is 1.46. The Balaban J connectivity index is 1.91. The molecule has 3 aromatic rings. The molecular weight excluding hydrogens is 374 g/mol. The van der Waals surface area contributed by atoms with E-state index in [0.717, 1.165) is 4.57 Å². The van der Waals surface area contributed by atoms with Crippen LogP contribution >= 0.6 is 11.6 Å². The number of anilines is 1. The largest absolute Gasteiger partial charge is 0.360 e. The first kappa shape index (κ1) is 18.5. The van der Waals surface area contributed by atoms with Gasteiger partial charge in [0.1, 0.15) is 22.8 Å². The van der Waals surface area contributed by atoms with Crippen molar-refractivity contribution < 1.29 is 9.32 Å². The molecular formula is C17H16ClN5O4. The number of nitrogens with zero attached hydrogens (tertiary/aromatic N) is 3. The Morgan fingerprint density at radius 3 is 2.59 bits per heavy atom. The van der Waals surface area contributed by atoms with Gasteiger partial charge in [0.25, 0.3) is 11.5 Å². The van der Waals surface area contributed by atoms with E-state index in [1.165, 1.54) is 24.7 Å². The highest BCUT2D eigenvalue weighted by Crippen LogP contribution is 2.30. The molecule has 0 saturated carbocycles. The summed E-state index contributed by atoms with van der Waals surface area (Å²) in [7, 11) is 2.83. The van der Waals surface area contributed by atoms with Crippen molar-refractivity contribution in [2.24, 2.45) is 14.1 Å². The second kappa shape index (κ2) is 7.12. The van der Waals surface area contributed by atoms with Crippen molar-refractivity contribution in [2.45, 2.75) is 6.92 Å². The molecule has 0 fully saturated rings. The van der Waals surface area contributed by atoms with Crippen LogP contribution in [0.15, 0.2) is 44.4 Å². The molecule has 0 aliphatic heterocycles. The van der Waals surface area contributed by atoms with Crippen molar-refractivity contribution in [3.63, 3.8) is 0 Å². The molecule has 10 heteroatoms. The van der Waals surface area contributed by atoms with Gasteiger partial charge in [-0.2, -0.15) is 0 Å². The van der Waals surface area contributed by atoms with Crippen molar-refractivity contribution in [1.82, 2.24) is 19.7 Å². The predicted molar refractivity (Wildman–Crippen MR) is 99.7 cm³/mol. The fourth-order valence-corrected chi connectivity index (χ4v) is 2.74. The van der Waals surface area contributed by atoms with Crippen LogP contribution in [0.1, 0.15) is 16.1 Å². The van der Waals surface area contributed by atoms with Crippen molar-refractivity contribution in [3.8, 4) is 11.3 Å². The first-order chi connectivity index (χ1) is 12.8. The van der Waals surface area contributed by atoms with Gasteiger partial charge in [-0.05, 0) is 13.0 Å². The third kappa shape index (κ3) is 3.36. The van der Waals surface area contributed by atoms with Gasteiger partial charge in [-0.3, -0.25) is 29.6 Å². The van der Waals surface area contributed by atoms with E-state index in [-0.39, 0.29) is 17.1 Å². The van der Waals surface area contributed by atoms with Gasteiger partial charge in [0.2, 0.25) is 0 Å². The standard InChI is InChI=1S/C17H16ClN5O4/c1-9-14(15(21-27-9)10-6-4-5-7-11(10)18)16(25)20-19-12-8-13(24)23(3)17(26)22(12)2/h4-8,19H,1-3H3,(H,20,25). The van der Waals surface area contributed by atoms with E-state index in [0.29, 0.717) is 16.3 Å². The maximum absolute atomic E-state index is 12.7. The van der Waals surface area contributed by atoms with Gasteiger partial charge in [-0.15, -0.1) is 0 Å². The molecule has 0 atom stereocenters. The van der Waals surface area contributed by atoms with Crippen LogP contribution in [0.25, 0.3) is 11.3 Å². The molecule has 140 valence electrons. The molecule has 1 aromatic carbocycles. The molecule has 0 bridgehead atoms. The van der Waals surface area contributed by atoms with Gasteiger partial charge in [0, 0.05) is 25.7 Å². The maximum atomic E-state index is 12.7. The molecule has 0 aliphatic carbocycles. The molecule has 0 radical (unpaired) electrons. The Morgan fingerprint density at radius 1 is 1.19 bits per heavy atom. The van der Waals surface area contributed by atoms with Crippen molar-refractivity contribution in [1.29, 1.82) is 0 Å². The number of hydrazine groups is 1. The van der Waals surface area contributed by atoms with Gasteiger partial charge in [-0.25, -0.2) is 4.79 Å². The smallest absolute Gasteiger partial charge is 0.332 e. The van der Waals surface area contributed by atoms with Crippen LogP contribution in [0.2, 0.25) is 5.02 Å². The highest BCUT2D eigenvalue weighted by atomic mass is 35.5. The number of carbonyl (C=O) groups is 1. The van der Waals surface area contributed by atoms with Crippen molar-refractivity contribution in [2.75, 3.05) is 5.43 Å². The molecule has 0 unspecified atom stereocenters. The summed E-state index contributed by atoms with van der Waals surface area (Å²) >= 11 is 6.18. The van der Waals surface area contributed by atoms with E-state index in [1.807, 2.05) is 0 Å². The van der Waals surface area contributed by atoms with Crippen LogP contribution in [0.3, 0.4) is 0 Å². The molecule has 1 amide bonds. The average Bonchev–Trinajstić information content (AvgIpc) is 3.03. The van der Waals surface area contributed by atoms with Crippen LogP contribution < -0.4 is 22.1 Å². The summed E-state index contributed by atoms with van der Waals surface area (Å²) in [6.07, 6.45) is 0. The SMILES string of the molecule is Cc1onc(-c2ccccc2Cl)c1C(=O)NNc1cc(=O)n(C)c(=O)n1C. The number of carbonyl (C=O) groups excluding carboxylic acids is 1. The lowest BCUT2D eigenvalue weighted by Crippen LogP contribution is -2.40. The number of aryl methyl sites for hydroxylation is 1. The van der Waals surface area contributed by atoms with E-state index < -0.39 is 17.2 Å². The monoisotopic (exact) mass is 389 g/mol. The van der Waals surface area contributed by atoms with Gasteiger partial charge >= 0.3 is 5.69 Å². The third-order valence-corrected chi connectivity index (χ3v) is 4.38. The zero-order valence-electron chi connectivity index (χ0n) is 14.7. The van der Waals surface area contributed by atoms with Crippen LogP contribution in [0.5, 0.6) is 0 Å². The van der Waals surface area contributed by atoms with E-state index in [9.17, 15) is 14.4 Å². The molecule has 2 heterocycles. The Bertz CT molecular complexity index is 1140. The Hall–Kier alpha value is -3.33. The third-order valence-electron chi connectivity index (χ3n) is 4.05. The number of rotatable bonds is 4. The van der Waals surface area contributed by atoms with Crippen molar-refractivity contribution in [3.05, 3.63) is 67.5 Å². The fourth-order valence-electron chi connectivity index (χ4n) is 2.51. The highest BCUT2D eigenvalue weighted by molar-refractivity contribution is 6.33. The normalized spacial score (nSPS) is 10.7. The molecule has 0 aliphatic rings. The second-order valence-electron chi connectivity index (χ2n) is 5.79. The zero-order valence-corrected chi connectivity index (χ0v) is 15.5. The Labute approximate surface area is 158 Å². The number of hydrogen-bond donors (Lipinski definition) is 2. The zero-order chi connectivity index (χ0) is 19.7. The summed E-state index contributed by atoms with van der Waals surface area (Å²) in [6, 6.07) is 8.11. The molecule has 2 N–H and O–H groups in total. The molecule has 9 nitrogen and oxygen atoms in total. The minimum Gasteiger partial charge on any atom is -0.360 e. The fraction of sp³-hybridized carbons (Fsp3) is 0.176. The minimum absolute atomic E-state index is 0.129. The number of nitrogens with one attached hydrogen (secondary N) is 2. The van der Waals surface area contributed by atoms with Crippen molar-refractivity contribution >= 4 is 23.3 Å². The maximum Gasteiger partial charge on any atom is 0.332 e. The highest BCUT2D eigenvalue weighted by Gasteiger charge is 2.23. The van der Waals surface area contributed by atoms with Gasteiger partial charge in [0.15, 0.2) is 0 Å². The Kier molecular flexibility index (Phi) is 4.87. The number of amides is 1.